The number of likely N-dealkylation sites (tertiary alicyclic amines) is 1. The lowest BCUT2D eigenvalue weighted by atomic mass is 10.1. The maximum absolute atomic E-state index is 11.0. The topological polar surface area (TPSA) is 95.9 Å². The van der Waals surface area contributed by atoms with Gasteiger partial charge in [0.25, 0.3) is 5.91 Å². The second kappa shape index (κ2) is 11.3. The maximum atomic E-state index is 11.0. The molecule has 4 N–H and O–H groups in total. The molecule has 0 aliphatic carbocycles. The molecule has 2 rings (SSSR count). The monoisotopic (exact) mass is 449 g/mol. The number of halogens is 1. The van der Waals surface area contributed by atoms with Crippen LogP contribution in [-0.4, -0.2) is 49.5 Å². The van der Waals surface area contributed by atoms with Gasteiger partial charge in [-0.05, 0) is 45.0 Å². The molecule has 0 radical (unpaired) electrons. The van der Waals surface area contributed by atoms with Crippen LogP contribution in [0, 0.1) is 0 Å². The van der Waals surface area contributed by atoms with E-state index in [0.29, 0.717) is 12.3 Å². The number of aliphatic imine (C=N–C) groups is 1. The molecule has 1 aliphatic heterocycles. The number of hydrogen-bond acceptors (Lipinski definition) is 4. The van der Waals surface area contributed by atoms with Gasteiger partial charge in [0.2, 0.25) is 0 Å². The van der Waals surface area contributed by atoms with E-state index in [0.717, 1.165) is 25.6 Å². The molecule has 1 amide bonds. The number of nitrogens with one attached hydrogen (secondary N) is 2. The molecule has 0 bridgehead atoms. The summed E-state index contributed by atoms with van der Waals surface area (Å²) in [5.41, 5.74) is 5.17. The van der Waals surface area contributed by atoms with Crippen LogP contribution in [0.5, 0.6) is 0 Å². The fraction of sp³-hybridized carbons (Fsp3) is 0.625. The van der Waals surface area contributed by atoms with Gasteiger partial charge in [0.15, 0.2) is 11.7 Å². The summed E-state index contributed by atoms with van der Waals surface area (Å²) in [5, 5.41) is 6.54. The molecule has 0 spiro atoms. The standard InChI is InChI=1S/C16H27N5O2.HI/c1-2-18-16(19-8-11-21-9-4-3-5-10-21)20-12-13-6-7-14(23-13)15(17)22;/h6-7H,2-5,8-12H2,1H3,(H2,17,22)(H2,18,19,20);1H. The number of carbonyl (C=O) groups excluding carboxylic acids is 1. The van der Waals surface area contributed by atoms with Crippen LogP contribution in [0.25, 0.3) is 0 Å². The summed E-state index contributed by atoms with van der Waals surface area (Å²) < 4.78 is 5.33. The number of rotatable bonds is 7. The smallest absolute Gasteiger partial charge is 0.284 e. The highest BCUT2D eigenvalue weighted by atomic mass is 127. The predicted molar refractivity (Wildman–Crippen MR) is 106 cm³/mol. The second-order valence-corrected chi connectivity index (χ2v) is 5.65. The first kappa shape index (κ1) is 20.8. The van der Waals surface area contributed by atoms with Crippen molar-refractivity contribution in [2.75, 3.05) is 32.7 Å². The molecule has 0 saturated carbocycles. The fourth-order valence-electron chi connectivity index (χ4n) is 2.61. The van der Waals surface area contributed by atoms with E-state index in [2.05, 4.69) is 20.5 Å². The lowest BCUT2D eigenvalue weighted by Crippen LogP contribution is -2.42. The minimum atomic E-state index is -0.563. The summed E-state index contributed by atoms with van der Waals surface area (Å²) in [7, 11) is 0. The molecule has 1 aliphatic rings. The summed E-state index contributed by atoms with van der Waals surface area (Å²) >= 11 is 0. The van der Waals surface area contributed by atoms with Crippen molar-refractivity contribution in [2.45, 2.75) is 32.7 Å². The van der Waals surface area contributed by atoms with Crippen LogP contribution in [0.3, 0.4) is 0 Å². The van der Waals surface area contributed by atoms with Gasteiger partial charge in [0, 0.05) is 19.6 Å². The van der Waals surface area contributed by atoms with Gasteiger partial charge in [-0.25, -0.2) is 4.99 Å². The normalized spacial score (nSPS) is 15.6. The average Bonchev–Trinajstić information content (AvgIpc) is 3.03. The van der Waals surface area contributed by atoms with Crippen molar-refractivity contribution in [1.29, 1.82) is 0 Å². The first-order valence-electron chi connectivity index (χ1n) is 8.32. The molecule has 1 saturated heterocycles. The van der Waals surface area contributed by atoms with E-state index in [1.54, 1.807) is 12.1 Å². The highest BCUT2D eigenvalue weighted by Crippen LogP contribution is 2.08. The van der Waals surface area contributed by atoms with Crippen molar-refractivity contribution >= 4 is 35.8 Å². The Hall–Kier alpha value is -1.29. The van der Waals surface area contributed by atoms with Crippen LogP contribution in [0.15, 0.2) is 21.5 Å². The Morgan fingerprint density at radius 1 is 1.29 bits per heavy atom. The SMILES string of the molecule is CCNC(=NCc1ccc(C(N)=O)o1)NCCN1CCCCC1.I. The molecule has 0 unspecified atom stereocenters. The average molecular weight is 449 g/mol. The molecule has 1 aromatic heterocycles. The lowest BCUT2D eigenvalue weighted by molar-refractivity contribution is 0.0972. The van der Waals surface area contributed by atoms with E-state index in [4.69, 9.17) is 10.2 Å². The Morgan fingerprint density at radius 3 is 2.67 bits per heavy atom. The number of hydrogen-bond donors (Lipinski definition) is 3. The second-order valence-electron chi connectivity index (χ2n) is 5.65. The molecule has 2 heterocycles. The minimum Gasteiger partial charge on any atom is -0.454 e. The Balaban J connectivity index is 0.00000288. The van der Waals surface area contributed by atoms with Gasteiger partial charge in [-0.3, -0.25) is 4.79 Å². The molecule has 1 aromatic rings. The lowest BCUT2D eigenvalue weighted by Gasteiger charge is -2.26. The third kappa shape index (κ3) is 7.08. The quantitative estimate of drug-likeness (QED) is 0.334. The van der Waals surface area contributed by atoms with Crippen LogP contribution in [0.4, 0.5) is 0 Å². The number of carbonyl (C=O) groups is 1. The van der Waals surface area contributed by atoms with Gasteiger partial charge in [0.1, 0.15) is 12.3 Å². The van der Waals surface area contributed by atoms with E-state index in [-0.39, 0.29) is 29.7 Å². The number of furan rings is 1. The third-order valence-corrected chi connectivity index (χ3v) is 3.81. The van der Waals surface area contributed by atoms with E-state index in [1.165, 1.54) is 32.4 Å². The van der Waals surface area contributed by atoms with E-state index < -0.39 is 5.91 Å². The summed E-state index contributed by atoms with van der Waals surface area (Å²) in [6.07, 6.45) is 3.95. The first-order valence-corrected chi connectivity index (χ1v) is 8.32. The summed E-state index contributed by atoms with van der Waals surface area (Å²) in [6.45, 7) is 7.45. The molecule has 8 heteroatoms. The van der Waals surface area contributed by atoms with Crippen LogP contribution in [-0.2, 0) is 6.54 Å². The Bertz CT molecular complexity index is 526. The van der Waals surface area contributed by atoms with Crippen molar-refractivity contribution in [3.63, 3.8) is 0 Å². The number of guanidine groups is 1. The van der Waals surface area contributed by atoms with Gasteiger partial charge >= 0.3 is 0 Å². The van der Waals surface area contributed by atoms with E-state index >= 15 is 0 Å². The number of nitrogens with two attached hydrogens (primary N) is 1. The Kier molecular flexibility index (Phi) is 9.77. The van der Waals surface area contributed by atoms with E-state index in [1.807, 2.05) is 6.92 Å². The molecule has 7 nitrogen and oxygen atoms in total. The Labute approximate surface area is 160 Å². The number of nitrogens with zero attached hydrogens (tertiary/aromatic N) is 2. The third-order valence-electron chi connectivity index (χ3n) is 3.81. The molecule has 0 atom stereocenters. The summed E-state index contributed by atoms with van der Waals surface area (Å²) in [6, 6.07) is 3.30. The molecule has 1 fully saturated rings. The largest absolute Gasteiger partial charge is 0.454 e. The van der Waals surface area contributed by atoms with Crippen LogP contribution < -0.4 is 16.4 Å². The molecule has 0 aromatic carbocycles. The van der Waals surface area contributed by atoms with Crippen molar-refractivity contribution in [3.05, 3.63) is 23.7 Å². The number of piperidine rings is 1. The van der Waals surface area contributed by atoms with Gasteiger partial charge in [-0.1, -0.05) is 6.42 Å². The summed E-state index contributed by atoms with van der Waals surface area (Å²) in [4.78, 5) is 18.0. The zero-order valence-electron chi connectivity index (χ0n) is 14.2. The predicted octanol–water partition coefficient (Wildman–Crippen LogP) is 1.54. The summed E-state index contributed by atoms with van der Waals surface area (Å²) in [5.74, 6) is 0.971. The molecular weight excluding hydrogens is 421 g/mol. The van der Waals surface area contributed by atoms with Gasteiger partial charge in [0.05, 0.1) is 0 Å². The van der Waals surface area contributed by atoms with Crippen LogP contribution >= 0.6 is 24.0 Å². The van der Waals surface area contributed by atoms with Crippen molar-refractivity contribution in [1.82, 2.24) is 15.5 Å². The van der Waals surface area contributed by atoms with Crippen molar-refractivity contribution in [2.24, 2.45) is 10.7 Å². The zero-order chi connectivity index (χ0) is 16.5. The highest BCUT2D eigenvalue weighted by molar-refractivity contribution is 14.0. The van der Waals surface area contributed by atoms with Crippen molar-refractivity contribution < 1.29 is 9.21 Å². The molecular formula is C16H28IN5O2. The number of amides is 1. The molecule has 136 valence electrons. The van der Waals surface area contributed by atoms with E-state index in [9.17, 15) is 4.79 Å². The fourth-order valence-corrected chi connectivity index (χ4v) is 2.61. The number of primary amides is 1. The van der Waals surface area contributed by atoms with Crippen LogP contribution in [0.1, 0.15) is 42.5 Å². The van der Waals surface area contributed by atoms with Crippen molar-refractivity contribution in [3.8, 4) is 0 Å². The maximum Gasteiger partial charge on any atom is 0.284 e. The Morgan fingerprint density at radius 2 is 2.04 bits per heavy atom. The van der Waals surface area contributed by atoms with Crippen LogP contribution in [0.2, 0.25) is 0 Å². The molecule has 24 heavy (non-hydrogen) atoms. The zero-order valence-corrected chi connectivity index (χ0v) is 16.5. The minimum absolute atomic E-state index is 0. The first-order chi connectivity index (χ1) is 11.2. The van der Waals surface area contributed by atoms with Gasteiger partial charge in [-0.2, -0.15) is 0 Å². The van der Waals surface area contributed by atoms with Gasteiger partial charge < -0.3 is 25.7 Å². The highest BCUT2D eigenvalue weighted by Gasteiger charge is 2.10. The van der Waals surface area contributed by atoms with Gasteiger partial charge in [-0.15, -0.1) is 24.0 Å².